The molecule has 1 N–H and O–H groups in total. The van der Waals surface area contributed by atoms with Crippen LogP contribution in [-0.2, 0) is 14.9 Å². The van der Waals surface area contributed by atoms with Crippen molar-refractivity contribution in [1.82, 2.24) is 5.32 Å². The number of hydrogen-bond donors (Lipinski definition) is 1. The van der Waals surface area contributed by atoms with Gasteiger partial charge in [0.1, 0.15) is 4.90 Å². The third-order valence-corrected chi connectivity index (χ3v) is 5.91. The van der Waals surface area contributed by atoms with Crippen molar-refractivity contribution in [2.24, 2.45) is 10.2 Å². The number of carbonyl (C=O) groups excluding carboxylic acids is 1. The van der Waals surface area contributed by atoms with Crippen LogP contribution in [0.25, 0.3) is 0 Å². The number of amidine groups is 1. The molecule has 0 aromatic heterocycles. The molecule has 0 spiro atoms. The lowest BCUT2D eigenvalue weighted by Gasteiger charge is -2.11. The fourth-order valence-electron chi connectivity index (χ4n) is 2.29. The molecule has 0 aliphatic carbocycles. The predicted octanol–water partition coefficient (Wildman–Crippen LogP) is 2.70. The number of aryl methyl sites for hydroxylation is 1. The Morgan fingerprint density at radius 2 is 1.89 bits per heavy atom. The van der Waals surface area contributed by atoms with E-state index in [1.54, 1.807) is 50.2 Å². The summed E-state index contributed by atoms with van der Waals surface area (Å²) in [6.07, 6.45) is 1.39. The molecule has 9 heteroatoms. The third kappa shape index (κ3) is 4.55. The van der Waals surface area contributed by atoms with Crippen molar-refractivity contribution in [2.45, 2.75) is 24.0 Å². The Hall–Kier alpha value is -2.65. The molecule has 0 radical (unpaired) electrons. The summed E-state index contributed by atoms with van der Waals surface area (Å²) in [6, 6.07) is 13.1. The number of para-hydroxylation sites is 1. The fourth-order valence-corrected chi connectivity index (χ4v) is 4.07. The quantitative estimate of drug-likeness (QED) is 0.470. The van der Waals surface area contributed by atoms with Crippen molar-refractivity contribution in [2.75, 3.05) is 0 Å². The molecule has 2 aromatic carbocycles. The molecule has 27 heavy (non-hydrogen) atoms. The molecule has 140 valence electrons. The molecule has 1 saturated heterocycles. The van der Waals surface area contributed by atoms with Gasteiger partial charge in [-0.1, -0.05) is 42.1 Å². The zero-order valence-corrected chi connectivity index (χ0v) is 16.3. The number of benzene rings is 2. The van der Waals surface area contributed by atoms with Crippen LogP contribution < -0.4 is 9.50 Å². The lowest BCUT2D eigenvalue weighted by Crippen LogP contribution is -2.23. The molecule has 7 nitrogen and oxygen atoms in total. The molecule has 1 amide bonds. The maximum absolute atomic E-state index is 12.5. The van der Waals surface area contributed by atoms with Crippen LogP contribution in [0, 0.1) is 6.92 Å². The van der Waals surface area contributed by atoms with Gasteiger partial charge in [-0.15, -0.1) is 5.10 Å². The average Bonchev–Trinajstić information content (AvgIpc) is 2.96. The Morgan fingerprint density at radius 3 is 2.56 bits per heavy atom. The topological polar surface area (TPSA) is 97.2 Å². The molecule has 2 aromatic rings. The van der Waals surface area contributed by atoms with Crippen LogP contribution >= 0.6 is 11.8 Å². The van der Waals surface area contributed by atoms with Gasteiger partial charge in [-0.3, -0.25) is 4.79 Å². The van der Waals surface area contributed by atoms with E-state index in [0.29, 0.717) is 16.3 Å². The van der Waals surface area contributed by atoms with Crippen LogP contribution in [0.5, 0.6) is 5.75 Å². The molecule has 1 aliphatic heterocycles. The van der Waals surface area contributed by atoms with Crippen molar-refractivity contribution in [3.05, 3.63) is 59.7 Å². The Kier molecular flexibility index (Phi) is 5.62. The minimum atomic E-state index is -3.97. The smallest absolute Gasteiger partial charge is 0.339 e. The average molecular weight is 403 g/mol. The molecule has 1 heterocycles. The molecule has 1 atom stereocenters. The largest absolute Gasteiger partial charge is 0.378 e. The number of rotatable bonds is 5. The van der Waals surface area contributed by atoms with Gasteiger partial charge in [-0.25, -0.2) is 0 Å². The van der Waals surface area contributed by atoms with Gasteiger partial charge < -0.3 is 9.50 Å². The molecular formula is C18H17N3O4S2. The Bertz CT molecular complexity index is 1020. The zero-order valence-electron chi connectivity index (χ0n) is 14.6. The van der Waals surface area contributed by atoms with Crippen LogP contribution in [0.4, 0.5) is 0 Å². The first kappa shape index (κ1) is 19.1. The summed E-state index contributed by atoms with van der Waals surface area (Å²) in [5.41, 5.74) is 1.10. The summed E-state index contributed by atoms with van der Waals surface area (Å²) in [7, 11) is -3.97. The van der Waals surface area contributed by atoms with Crippen LogP contribution in [0.3, 0.4) is 0 Å². The van der Waals surface area contributed by atoms with Crippen molar-refractivity contribution >= 4 is 39.2 Å². The summed E-state index contributed by atoms with van der Waals surface area (Å²) >= 11 is 1.27. The number of thioether (sulfide) groups is 1. The molecule has 0 bridgehead atoms. The first-order valence-electron chi connectivity index (χ1n) is 8.04. The lowest BCUT2D eigenvalue weighted by atomic mass is 10.1. The first-order chi connectivity index (χ1) is 12.9. The highest BCUT2D eigenvalue weighted by Gasteiger charge is 2.25. The fraction of sp³-hybridized carbons (Fsp3) is 0.167. The Morgan fingerprint density at radius 1 is 1.15 bits per heavy atom. The number of nitrogens with zero attached hydrogens (tertiary/aromatic N) is 2. The second kappa shape index (κ2) is 7.93. The van der Waals surface area contributed by atoms with Crippen molar-refractivity contribution in [1.29, 1.82) is 0 Å². The monoisotopic (exact) mass is 403 g/mol. The van der Waals surface area contributed by atoms with Crippen molar-refractivity contribution in [3.8, 4) is 5.75 Å². The summed E-state index contributed by atoms with van der Waals surface area (Å²) in [4.78, 5) is 11.5. The van der Waals surface area contributed by atoms with Crippen molar-refractivity contribution < 1.29 is 17.4 Å². The lowest BCUT2D eigenvalue weighted by molar-refractivity contribution is -0.118. The normalized spacial score (nSPS) is 18.8. The number of amides is 1. The first-order valence-corrected chi connectivity index (χ1v) is 10.3. The van der Waals surface area contributed by atoms with E-state index >= 15 is 0 Å². The second-order valence-corrected chi connectivity index (χ2v) is 8.62. The predicted molar refractivity (Wildman–Crippen MR) is 106 cm³/mol. The van der Waals surface area contributed by atoms with Gasteiger partial charge in [0, 0.05) is 5.56 Å². The summed E-state index contributed by atoms with van der Waals surface area (Å²) in [5, 5.41) is 10.7. The van der Waals surface area contributed by atoms with Gasteiger partial charge in [-0.2, -0.15) is 13.5 Å². The van der Waals surface area contributed by atoms with Gasteiger partial charge in [0.25, 0.3) is 0 Å². The van der Waals surface area contributed by atoms with Crippen LogP contribution in [-0.4, -0.2) is 31.0 Å². The highest BCUT2D eigenvalue weighted by Crippen LogP contribution is 2.26. The highest BCUT2D eigenvalue weighted by atomic mass is 32.2. The summed E-state index contributed by atoms with van der Waals surface area (Å²) in [5.74, 6) is 0.0595. The van der Waals surface area contributed by atoms with Gasteiger partial charge in [0.15, 0.2) is 10.9 Å². The van der Waals surface area contributed by atoms with E-state index < -0.39 is 10.1 Å². The highest BCUT2D eigenvalue weighted by molar-refractivity contribution is 8.15. The van der Waals surface area contributed by atoms with E-state index in [-0.39, 0.29) is 21.8 Å². The van der Waals surface area contributed by atoms with Crippen LogP contribution in [0.1, 0.15) is 18.1 Å². The molecule has 1 fully saturated rings. The summed E-state index contributed by atoms with van der Waals surface area (Å²) < 4.78 is 30.4. The third-order valence-electron chi connectivity index (χ3n) is 3.70. The van der Waals surface area contributed by atoms with E-state index in [2.05, 4.69) is 15.5 Å². The van der Waals surface area contributed by atoms with E-state index in [0.717, 1.165) is 0 Å². The van der Waals surface area contributed by atoms with E-state index in [9.17, 15) is 13.2 Å². The van der Waals surface area contributed by atoms with E-state index in [4.69, 9.17) is 4.18 Å². The molecule has 3 rings (SSSR count). The minimum absolute atomic E-state index is 0.0652. The van der Waals surface area contributed by atoms with Gasteiger partial charge in [-0.05, 0) is 37.6 Å². The van der Waals surface area contributed by atoms with Crippen LogP contribution in [0.15, 0.2) is 63.6 Å². The number of nitrogens with one attached hydrogen (secondary N) is 1. The van der Waals surface area contributed by atoms with E-state index in [1.807, 2.05) is 0 Å². The molecular weight excluding hydrogens is 386 g/mol. The van der Waals surface area contributed by atoms with E-state index in [1.165, 1.54) is 30.1 Å². The standard InChI is InChI=1S/C18H17N3O4S2/c1-12-7-6-8-14(11-19-21-18-20-17(22)13(2)26-18)16(12)25-27(23,24)15-9-4-3-5-10-15/h3-11,13H,1-2H3,(H,20,21,22)/b19-11+. The van der Waals surface area contributed by atoms with Gasteiger partial charge in [0.2, 0.25) is 5.91 Å². The number of hydrogen-bond acceptors (Lipinski definition) is 7. The Labute approximate surface area is 161 Å². The van der Waals surface area contributed by atoms with Crippen LogP contribution in [0.2, 0.25) is 0 Å². The zero-order chi connectivity index (χ0) is 19.4. The summed E-state index contributed by atoms with van der Waals surface area (Å²) in [6.45, 7) is 3.51. The van der Waals surface area contributed by atoms with Gasteiger partial charge >= 0.3 is 10.1 Å². The second-order valence-electron chi connectivity index (χ2n) is 5.74. The minimum Gasteiger partial charge on any atom is -0.378 e. The Balaban J connectivity index is 1.86. The SMILES string of the molecule is Cc1cccc(/C=N/N=C2/NC(=O)C(C)S2)c1OS(=O)(=O)c1ccccc1. The molecule has 1 unspecified atom stereocenters. The maximum Gasteiger partial charge on any atom is 0.339 e. The molecule has 0 saturated carbocycles. The maximum atomic E-state index is 12.5. The number of carbonyl (C=O) groups is 1. The van der Waals surface area contributed by atoms with Crippen molar-refractivity contribution in [3.63, 3.8) is 0 Å². The molecule has 1 aliphatic rings. The van der Waals surface area contributed by atoms with Gasteiger partial charge in [0.05, 0.1) is 11.5 Å².